The first-order chi connectivity index (χ1) is 14.1. The van der Waals surface area contributed by atoms with Gasteiger partial charge >= 0.3 is 0 Å². The second-order valence-corrected chi connectivity index (χ2v) is 8.57. The topological polar surface area (TPSA) is 68.3 Å². The van der Waals surface area contributed by atoms with Crippen LogP contribution < -0.4 is 20.1 Å². The van der Waals surface area contributed by atoms with E-state index in [2.05, 4.69) is 31.4 Å². The smallest absolute Gasteiger partial charge is 0.183 e. The van der Waals surface area contributed by atoms with E-state index in [9.17, 15) is 0 Å². The van der Waals surface area contributed by atoms with Crippen LogP contribution in [-0.2, 0) is 0 Å². The van der Waals surface area contributed by atoms with Crippen LogP contribution in [0.4, 0.5) is 5.13 Å². The van der Waals surface area contributed by atoms with Crippen molar-refractivity contribution < 1.29 is 9.47 Å². The van der Waals surface area contributed by atoms with E-state index in [0.717, 1.165) is 58.3 Å². The fourth-order valence-corrected chi connectivity index (χ4v) is 4.45. The molecule has 2 N–H and O–H groups in total. The summed E-state index contributed by atoms with van der Waals surface area (Å²) in [5.41, 5.74) is 2.51. The van der Waals surface area contributed by atoms with Crippen LogP contribution in [0.3, 0.4) is 0 Å². The van der Waals surface area contributed by atoms with Crippen LogP contribution in [0.2, 0.25) is 0 Å². The predicted octanol–water partition coefficient (Wildman–Crippen LogP) is 4.71. The van der Waals surface area contributed by atoms with E-state index in [-0.39, 0.29) is 6.10 Å². The molecule has 1 aliphatic rings. The van der Waals surface area contributed by atoms with E-state index in [0.29, 0.717) is 12.1 Å². The Hall–Kier alpha value is -2.38. The molecule has 0 saturated carbocycles. The summed E-state index contributed by atoms with van der Waals surface area (Å²) in [5.74, 6) is 1.63. The van der Waals surface area contributed by atoms with E-state index in [1.165, 1.54) is 0 Å². The summed E-state index contributed by atoms with van der Waals surface area (Å²) in [4.78, 5) is 9.57. The predicted molar refractivity (Wildman–Crippen MR) is 119 cm³/mol. The number of thiazole rings is 1. The lowest BCUT2D eigenvalue weighted by Gasteiger charge is -2.16. The maximum Gasteiger partial charge on any atom is 0.183 e. The summed E-state index contributed by atoms with van der Waals surface area (Å²) < 4.78 is 11.8. The van der Waals surface area contributed by atoms with Crippen molar-refractivity contribution in [3.05, 3.63) is 29.6 Å². The van der Waals surface area contributed by atoms with E-state index >= 15 is 0 Å². The van der Waals surface area contributed by atoms with Crippen molar-refractivity contribution in [2.45, 2.75) is 51.8 Å². The van der Waals surface area contributed by atoms with Gasteiger partial charge < -0.3 is 20.1 Å². The summed E-state index contributed by atoms with van der Waals surface area (Å²) in [7, 11) is 1.67. The molecule has 29 heavy (non-hydrogen) atoms. The average molecular weight is 413 g/mol. The summed E-state index contributed by atoms with van der Waals surface area (Å²) in [6.45, 7) is 7.28. The molecule has 154 valence electrons. The monoisotopic (exact) mass is 412 g/mol. The van der Waals surface area contributed by atoms with Crippen LogP contribution in [0.5, 0.6) is 11.5 Å². The third-order valence-corrected chi connectivity index (χ3v) is 5.90. The van der Waals surface area contributed by atoms with Gasteiger partial charge in [0.05, 0.1) is 18.3 Å². The zero-order valence-corrected chi connectivity index (χ0v) is 18.2. The van der Waals surface area contributed by atoms with Crippen LogP contribution in [0.25, 0.3) is 22.3 Å². The molecule has 0 spiro atoms. The lowest BCUT2D eigenvalue weighted by atomic mass is 10.1. The number of rotatable bonds is 7. The highest BCUT2D eigenvalue weighted by molar-refractivity contribution is 7.14. The SMILES string of the molecule is CCC1CC(Oc2cc(-c3csc(NC(C)C)n3)nc3cc(OC)ccc23)CN1. The standard InChI is InChI=1S/C22H28N4O2S/c1-5-14-8-16(11-23-14)28-21-10-19(20-12-29-22(26-20)24-13(2)3)25-18-9-15(27-4)6-7-17(18)21/h6-7,9-10,12-14,16,23H,5,8,11H2,1-4H3,(H,24,26). The Labute approximate surface area is 175 Å². The van der Waals surface area contributed by atoms with Gasteiger partial charge in [0.25, 0.3) is 0 Å². The first-order valence-electron chi connectivity index (χ1n) is 10.2. The lowest BCUT2D eigenvalue weighted by molar-refractivity contribution is 0.222. The molecule has 1 aromatic carbocycles. The number of aromatic nitrogens is 2. The maximum atomic E-state index is 6.44. The number of pyridine rings is 1. The Morgan fingerprint density at radius 1 is 1.24 bits per heavy atom. The molecular weight excluding hydrogens is 384 g/mol. The molecule has 7 heteroatoms. The number of fused-ring (bicyclic) bond motifs is 1. The molecule has 0 bridgehead atoms. The van der Waals surface area contributed by atoms with Gasteiger partial charge in [-0.15, -0.1) is 11.3 Å². The van der Waals surface area contributed by atoms with Gasteiger partial charge in [0.15, 0.2) is 5.13 Å². The molecule has 3 aromatic rings. The number of benzene rings is 1. The highest BCUT2D eigenvalue weighted by atomic mass is 32.1. The van der Waals surface area contributed by atoms with Gasteiger partial charge in [0, 0.05) is 47.9 Å². The Kier molecular flexibility index (Phi) is 5.87. The molecule has 1 aliphatic heterocycles. The van der Waals surface area contributed by atoms with Gasteiger partial charge in [-0.2, -0.15) is 0 Å². The molecule has 2 atom stereocenters. The second-order valence-electron chi connectivity index (χ2n) is 7.71. The van der Waals surface area contributed by atoms with Crippen molar-refractivity contribution in [2.24, 2.45) is 0 Å². The van der Waals surface area contributed by atoms with Crippen molar-refractivity contribution in [1.29, 1.82) is 0 Å². The summed E-state index contributed by atoms with van der Waals surface area (Å²) in [6, 6.07) is 8.80. The Balaban J connectivity index is 1.71. The molecule has 2 unspecified atom stereocenters. The first kappa shape index (κ1) is 19.9. The second kappa shape index (κ2) is 8.55. The Morgan fingerprint density at radius 2 is 2.10 bits per heavy atom. The molecule has 0 aliphatic carbocycles. The van der Waals surface area contributed by atoms with Crippen LogP contribution in [0.1, 0.15) is 33.6 Å². The van der Waals surface area contributed by atoms with Crippen molar-refractivity contribution in [3.63, 3.8) is 0 Å². The lowest BCUT2D eigenvalue weighted by Crippen LogP contribution is -2.21. The van der Waals surface area contributed by atoms with Gasteiger partial charge in [-0.3, -0.25) is 0 Å². The Morgan fingerprint density at radius 3 is 2.83 bits per heavy atom. The molecule has 1 fully saturated rings. The van der Waals surface area contributed by atoms with Crippen molar-refractivity contribution in [1.82, 2.24) is 15.3 Å². The van der Waals surface area contributed by atoms with Gasteiger partial charge in [-0.05, 0) is 32.4 Å². The van der Waals surface area contributed by atoms with Crippen LogP contribution >= 0.6 is 11.3 Å². The van der Waals surface area contributed by atoms with Crippen molar-refractivity contribution >= 4 is 27.4 Å². The van der Waals surface area contributed by atoms with Crippen LogP contribution in [-0.4, -0.2) is 41.8 Å². The number of nitrogens with one attached hydrogen (secondary N) is 2. The third-order valence-electron chi connectivity index (χ3n) is 5.13. The van der Waals surface area contributed by atoms with Crippen LogP contribution in [0, 0.1) is 0 Å². The normalized spacial score (nSPS) is 19.1. The largest absolute Gasteiger partial charge is 0.497 e. The Bertz CT molecular complexity index is 988. The summed E-state index contributed by atoms with van der Waals surface area (Å²) >= 11 is 1.59. The molecule has 0 radical (unpaired) electrons. The third kappa shape index (κ3) is 4.46. The van der Waals surface area contributed by atoms with Gasteiger partial charge in [-0.1, -0.05) is 6.92 Å². The van der Waals surface area contributed by atoms with E-state index in [1.54, 1.807) is 18.4 Å². The number of nitrogens with zero attached hydrogens (tertiary/aromatic N) is 2. The number of methoxy groups -OCH3 is 1. The highest BCUT2D eigenvalue weighted by Gasteiger charge is 2.25. The fourth-order valence-electron chi connectivity index (χ4n) is 3.60. The molecule has 2 aromatic heterocycles. The molecule has 0 amide bonds. The van der Waals surface area contributed by atoms with Crippen molar-refractivity contribution in [3.8, 4) is 22.9 Å². The van der Waals surface area contributed by atoms with Gasteiger partial charge in [0.2, 0.25) is 0 Å². The van der Waals surface area contributed by atoms with E-state index in [1.807, 2.05) is 29.6 Å². The summed E-state index contributed by atoms with van der Waals surface area (Å²) in [6.07, 6.45) is 2.29. The molecule has 4 rings (SSSR count). The quantitative estimate of drug-likeness (QED) is 0.586. The van der Waals surface area contributed by atoms with E-state index < -0.39 is 0 Å². The summed E-state index contributed by atoms with van der Waals surface area (Å²) in [5, 5.41) is 10.8. The fraction of sp³-hybridized carbons (Fsp3) is 0.455. The zero-order chi connectivity index (χ0) is 20.4. The minimum absolute atomic E-state index is 0.161. The molecule has 3 heterocycles. The number of hydrogen-bond acceptors (Lipinski definition) is 7. The van der Waals surface area contributed by atoms with Crippen LogP contribution in [0.15, 0.2) is 29.6 Å². The van der Waals surface area contributed by atoms with Gasteiger partial charge in [0.1, 0.15) is 23.3 Å². The highest BCUT2D eigenvalue weighted by Crippen LogP contribution is 2.34. The van der Waals surface area contributed by atoms with Crippen molar-refractivity contribution in [2.75, 3.05) is 19.0 Å². The number of anilines is 1. The van der Waals surface area contributed by atoms with Gasteiger partial charge in [-0.25, -0.2) is 9.97 Å². The van der Waals surface area contributed by atoms with E-state index in [4.69, 9.17) is 19.4 Å². The molecule has 6 nitrogen and oxygen atoms in total. The average Bonchev–Trinajstić information content (AvgIpc) is 3.36. The number of hydrogen-bond donors (Lipinski definition) is 2. The first-order valence-corrected chi connectivity index (χ1v) is 11.0. The number of ether oxygens (including phenoxy) is 2. The maximum absolute atomic E-state index is 6.44. The minimum Gasteiger partial charge on any atom is -0.497 e. The molecular formula is C22H28N4O2S. The molecule has 1 saturated heterocycles. The zero-order valence-electron chi connectivity index (χ0n) is 17.4. The minimum atomic E-state index is 0.161.